The van der Waals surface area contributed by atoms with Gasteiger partial charge in [0.05, 0.1) is 5.02 Å². The van der Waals surface area contributed by atoms with E-state index in [-0.39, 0.29) is 35.0 Å². The number of halogens is 1. The average Bonchev–Trinajstić information content (AvgIpc) is 0.809. The second-order valence-electron chi connectivity index (χ2n) is 24.3. The third kappa shape index (κ3) is 17.7. The number of carbonyl (C=O) groups is 3. The number of phenolic OH excluding ortho intramolecular Hbond substituents is 3. The van der Waals surface area contributed by atoms with Gasteiger partial charge in [-0.15, -0.1) is 0 Å². The summed E-state index contributed by atoms with van der Waals surface area (Å²) >= 11 is 6.14. The molecule has 3 heterocycles. The molecule has 15 aromatic rings. The second kappa shape index (κ2) is 32.6. The molecule has 6 N–H and O–H groups in total. The molecule has 0 unspecified atom stereocenters. The summed E-state index contributed by atoms with van der Waals surface area (Å²) in [7, 11) is 0. The molecule has 0 atom stereocenters. The molecule has 0 aliphatic heterocycles. The van der Waals surface area contributed by atoms with E-state index in [2.05, 4.69) is 30.9 Å². The molecule has 510 valence electrons. The molecule has 3 aromatic heterocycles. The van der Waals surface area contributed by atoms with E-state index >= 15 is 0 Å². The highest BCUT2D eigenvalue weighted by atomic mass is 35.5. The molecule has 0 spiro atoms. The van der Waals surface area contributed by atoms with Crippen LogP contribution in [-0.4, -0.2) is 48.0 Å². The van der Waals surface area contributed by atoms with Gasteiger partial charge in [-0.2, -0.15) is 0 Å². The molecule has 15 nitrogen and oxygen atoms in total. The summed E-state index contributed by atoms with van der Waals surface area (Å²) in [5.41, 5.74) is 12.3. The number of fused-ring (bicyclic) bond motifs is 3. The molecule has 0 aliphatic rings. The summed E-state index contributed by atoms with van der Waals surface area (Å²) in [5.74, 6) is 4.10. The van der Waals surface area contributed by atoms with Gasteiger partial charge in [0.25, 0.3) is 17.7 Å². The molecule has 104 heavy (non-hydrogen) atoms. The predicted molar refractivity (Wildman–Crippen MR) is 409 cm³/mol. The smallest absolute Gasteiger partial charge is 0.251 e. The topological polar surface area (TPSA) is 214 Å². The van der Waals surface area contributed by atoms with Crippen molar-refractivity contribution < 1.29 is 43.9 Å². The molecular weight excluding hydrogens is 1320 g/mol. The van der Waals surface area contributed by atoms with Crippen LogP contribution < -0.4 is 30.2 Å². The number of amides is 3. The number of aromatic hydroxyl groups is 3. The number of rotatable bonds is 18. The Hall–Kier alpha value is -13.6. The number of hydrogen-bond acceptors (Lipinski definition) is 12. The van der Waals surface area contributed by atoms with E-state index in [0.29, 0.717) is 69.4 Å². The Morgan fingerprint density at radius 1 is 0.327 bits per heavy atom. The van der Waals surface area contributed by atoms with Crippen molar-refractivity contribution in [1.29, 1.82) is 0 Å². The first kappa shape index (κ1) is 68.9. The quantitative estimate of drug-likeness (QED) is 0.0473. The van der Waals surface area contributed by atoms with Gasteiger partial charge in [-0.3, -0.25) is 29.3 Å². The number of carbonyl (C=O) groups excluding carboxylic acids is 3. The molecule has 0 bridgehead atoms. The molecule has 0 saturated heterocycles. The molecule has 0 aliphatic carbocycles. The Kier molecular flexibility index (Phi) is 21.6. The highest BCUT2D eigenvalue weighted by Crippen LogP contribution is 2.36. The molecule has 15 rings (SSSR count). The summed E-state index contributed by atoms with van der Waals surface area (Å²) in [4.78, 5) is 51.1. The number of benzene rings is 12. The van der Waals surface area contributed by atoms with Gasteiger partial charge in [0.2, 0.25) is 0 Å². The van der Waals surface area contributed by atoms with E-state index < -0.39 is 0 Å². The van der Waals surface area contributed by atoms with Crippen molar-refractivity contribution in [2.75, 3.05) is 0 Å². The zero-order chi connectivity index (χ0) is 71.7. The second-order valence-corrected chi connectivity index (χ2v) is 24.7. The van der Waals surface area contributed by atoms with E-state index in [1.54, 1.807) is 67.1 Å². The van der Waals surface area contributed by atoms with Crippen LogP contribution in [0, 0.1) is 6.92 Å². The van der Waals surface area contributed by atoms with Crippen LogP contribution in [0.5, 0.6) is 51.7 Å². The minimum Gasteiger partial charge on any atom is -0.506 e. The third-order valence-electron chi connectivity index (χ3n) is 16.9. The maximum atomic E-state index is 12.8. The lowest BCUT2D eigenvalue weighted by Crippen LogP contribution is -2.22. The van der Waals surface area contributed by atoms with Gasteiger partial charge >= 0.3 is 0 Å². The van der Waals surface area contributed by atoms with Crippen LogP contribution in [0.4, 0.5) is 0 Å². The molecule has 16 heteroatoms. The minimum absolute atomic E-state index is 0.106. The number of ether oxygens (including phenoxy) is 3. The fourth-order valence-electron chi connectivity index (χ4n) is 11.4. The predicted octanol–water partition coefficient (Wildman–Crippen LogP) is 20.0. The number of nitrogens with zero attached hydrogens (tertiary/aromatic N) is 3. The molecular formula is C88H67ClN6O9. The van der Waals surface area contributed by atoms with Crippen LogP contribution in [0.25, 0.3) is 66.1 Å². The summed E-state index contributed by atoms with van der Waals surface area (Å²) in [6.45, 7) is 3.21. The first-order chi connectivity index (χ1) is 50.8. The number of aryl methyl sites for hydroxylation is 1. The number of phenols is 3. The first-order valence-corrected chi connectivity index (χ1v) is 33.7. The van der Waals surface area contributed by atoms with Crippen LogP contribution in [0.2, 0.25) is 5.02 Å². The van der Waals surface area contributed by atoms with E-state index in [1.165, 1.54) is 5.56 Å². The van der Waals surface area contributed by atoms with Crippen LogP contribution in [-0.2, 0) is 19.6 Å². The lowest BCUT2D eigenvalue weighted by molar-refractivity contribution is 0.0943. The van der Waals surface area contributed by atoms with Crippen molar-refractivity contribution in [3.05, 3.63) is 360 Å². The SMILES string of the molecule is Cc1ccc(Oc2ccc(CNC(=O)c3cccc(-c4cc(O)c5ncccc5c4)c3)cc2)cc1.O=C(NCc1ccc(Oc2ccccc2)cc1)c1cccc(-c2cc(O)c3ncccc3c2)c1.O=C(NCc1ccc(Oc2ccccc2Cl)cc1)c1cccc(-c2cc(O)c3ncccc3c2)c1. The van der Waals surface area contributed by atoms with Gasteiger partial charge in [-0.25, -0.2) is 0 Å². The zero-order valence-corrected chi connectivity index (χ0v) is 56.9. The Morgan fingerprint density at radius 2 is 0.654 bits per heavy atom. The molecule has 0 fully saturated rings. The first-order valence-electron chi connectivity index (χ1n) is 33.3. The normalized spacial score (nSPS) is 10.8. The Morgan fingerprint density at radius 3 is 1.02 bits per heavy atom. The fourth-order valence-corrected chi connectivity index (χ4v) is 11.6. The Bertz CT molecular complexity index is 5550. The van der Waals surface area contributed by atoms with E-state index in [9.17, 15) is 29.7 Å². The maximum absolute atomic E-state index is 12.8. The van der Waals surface area contributed by atoms with Crippen molar-refractivity contribution in [3.63, 3.8) is 0 Å². The van der Waals surface area contributed by atoms with Gasteiger partial charge in [0.15, 0.2) is 0 Å². The lowest BCUT2D eigenvalue weighted by atomic mass is 10.0. The summed E-state index contributed by atoms with van der Waals surface area (Å²) < 4.78 is 17.5. The van der Waals surface area contributed by atoms with Gasteiger partial charge in [0.1, 0.15) is 68.3 Å². The number of hydrogen-bond donors (Lipinski definition) is 6. The number of para-hydroxylation sites is 2. The van der Waals surface area contributed by atoms with E-state index in [4.69, 9.17) is 25.8 Å². The van der Waals surface area contributed by atoms with E-state index in [1.807, 2.05) is 256 Å². The van der Waals surface area contributed by atoms with Crippen LogP contribution in [0.3, 0.4) is 0 Å². The van der Waals surface area contributed by atoms with Gasteiger partial charge in [-0.05, 0) is 221 Å². The Balaban J connectivity index is 0.000000139. The monoisotopic (exact) mass is 1390 g/mol. The highest BCUT2D eigenvalue weighted by molar-refractivity contribution is 6.32. The standard InChI is InChI=1S/C30H24N2O3.C29H21ClN2O3.C29H22N2O3/c1-20-7-11-26(12-8-20)35-27-13-9-21(10-14-27)19-32-30(34)24-5-2-4-22(16-24)25-17-23-6-3-15-31-29(23)28(33)18-25;30-25-8-1-2-9-27(25)35-24-12-10-19(11-13-24)18-32-29(34)22-6-3-5-20(15-22)23-16-21-7-4-14-31-28(21)26(33)17-23;32-27-18-24(17-22-8-5-15-30-28(22)27)21-6-4-7-23(16-21)29(33)31-19-20-11-13-26(14-12-20)34-25-9-2-1-3-10-25/h2-18,33H,19H2,1H3,(H,32,34);1-17,33H,18H2,(H,32,34);1-18,32H,19H2,(H,31,33). The number of nitrogens with one attached hydrogen (secondary N) is 3. The van der Waals surface area contributed by atoms with Gasteiger partial charge < -0.3 is 45.5 Å². The highest BCUT2D eigenvalue weighted by Gasteiger charge is 2.15. The molecule has 0 saturated carbocycles. The van der Waals surface area contributed by atoms with E-state index in [0.717, 1.165) is 89.2 Å². The summed E-state index contributed by atoms with van der Waals surface area (Å²) in [6, 6.07) is 91.6. The lowest BCUT2D eigenvalue weighted by Gasteiger charge is -2.10. The third-order valence-corrected chi connectivity index (χ3v) is 17.2. The van der Waals surface area contributed by atoms with Crippen molar-refractivity contribution in [2.45, 2.75) is 26.6 Å². The molecule has 3 amide bonds. The van der Waals surface area contributed by atoms with Crippen LogP contribution in [0.1, 0.15) is 53.3 Å². The van der Waals surface area contributed by atoms with Crippen molar-refractivity contribution in [1.82, 2.24) is 30.9 Å². The molecule has 0 radical (unpaired) electrons. The minimum atomic E-state index is -0.185. The number of pyridine rings is 3. The van der Waals surface area contributed by atoms with Crippen LogP contribution >= 0.6 is 11.6 Å². The maximum Gasteiger partial charge on any atom is 0.251 e. The van der Waals surface area contributed by atoms with Gasteiger partial charge in [-0.1, -0.05) is 151 Å². The van der Waals surface area contributed by atoms with Crippen molar-refractivity contribution in [3.8, 4) is 85.1 Å². The Labute approximate surface area is 604 Å². The van der Waals surface area contributed by atoms with Crippen molar-refractivity contribution >= 4 is 62.0 Å². The summed E-state index contributed by atoms with van der Waals surface area (Å²) in [5, 5.41) is 43.0. The number of aromatic nitrogens is 3. The largest absolute Gasteiger partial charge is 0.506 e. The molecule has 12 aromatic carbocycles. The fraction of sp³-hybridized carbons (Fsp3) is 0.0455. The zero-order valence-electron chi connectivity index (χ0n) is 56.2. The summed E-state index contributed by atoms with van der Waals surface area (Å²) in [6.07, 6.45) is 4.94. The van der Waals surface area contributed by atoms with Gasteiger partial charge in [0, 0.05) is 71.1 Å². The average molecular weight is 1390 g/mol. The van der Waals surface area contributed by atoms with Crippen molar-refractivity contribution in [2.24, 2.45) is 0 Å². The van der Waals surface area contributed by atoms with Crippen LogP contribution in [0.15, 0.2) is 316 Å².